The number of rotatable bonds is 7. The Balaban J connectivity index is 1.94. The zero-order chi connectivity index (χ0) is 17.7. The summed E-state index contributed by atoms with van der Waals surface area (Å²) in [5.74, 6) is -0.703. The van der Waals surface area contributed by atoms with Gasteiger partial charge in [0.2, 0.25) is 5.91 Å². The SMILES string of the molecule is Cc1cc(OC(F)F)c(C(=O)NC(C)C(=O)NCc2ccco2)s1. The molecule has 0 bridgehead atoms. The van der Waals surface area contributed by atoms with Crippen molar-refractivity contribution in [1.82, 2.24) is 10.6 Å². The van der Waals surface area contributed by atoms with Crippen LogP contribution in [0.15, 0.2) is 28.9 Å². The Morgan fingerprint density at radius 1 is 1.42 bits per heavy atom. The van der Waals surface area contributed by atoms with Crippen LogP contribution in [0.2, 0.25) is 0 Å². The van der Waals surface area contributed by atoms with E-state index in [0.29, 0.717) is 10.6 Å². The van der Waals surface area contributed by atoms with Crippen LogP contribution in [0.25, 0.3) is 0 Å². The van der Waals surface area contributed by atoms with E-state index in [-0.39, 0.29) is 17.2 Å². The van der Waals surface area contributed by atoms with E-state index in [9.17, 15) is 18.4 Å². The van der Waals surface area contributed by atoms with Gasteiger partial charge in [-0.2, -0.15) is 8.78 Å². The lowest BCUT2D eigenvalue weighted by Gasteiger charge is -2.13. The Bertz CT molecular complexity index is 700. The van der Waals surface area contributed by atoms with Gasteiger partial charge in [-0.25, -0.2) is 0 Å². The average molecular weight is 358 g/mol. The van der Waals surface area contributed by atoms with E-state index >= 15 is 0 Å². The van der Waals surface area contributed by atoms with Crippen molar-refractivity contribution < 1.29 is 27.5 Å². The quantitative estimate of drug-likeness (QED) is 0.797. The van der Waals surface area contributed by atoms with Crippen molar-refractivity contribution in [3.05, 3.63) is 40.0 Å². The summed E-state index contributed by atoms with van der Waals surface area (Å²) in [5, 5.41) is 5.06. The van der Waals surface area contributed by atoms with Gasteiger partial charge in [0.15, 0.2) is 0 Å². The number of ether oxygens (including phenoxy) is 1. The van der Waals surface area contributed by atoms with E-state index in [4.69, 9.17) is 4.42 Å². The molecule has 2 N–H and O–H groups in total. The van der Waals surface area contributed by atoms with Gasteiger partial charge in [-0.15, -0.1) is 11.3 Å². The lowest BCUT2D eigenvalue weighted by Crippen LogP contribution is -2.44. The molecule has 0 aliphatic heterocycles. The first-order chi connectivity index (χ1) is 11.4. The Labute approximate surface area is 140 Å². The van der Waals surface area contributed by atoms with Crippen molar-refractivity contribution in [1.29, 1.82) is 0 Å². The van der Waals surface area contributed by atoms with E-state index in [0.717, 1.165) is 11.3 Å². The normalized spacial score (nSPS) is 12.0. The minimum Gasteiger partial charge on any atom is -0.467 e. The number of hydrogen-bond acceptors (Lipinski definition) is 5. The zero-order valence-corrected chi connectivity index (χ0v) is 13.8. The van der Waals surface area contributed by atoms with Crippen LogP contribution < -0.4 is 15.4 Å². The van der Waals surface area contributed by atoms with E-state index < -0.39 is 24.5 Å². The van der Waals surface area contributed by atoms with Gasteiger partial charge in [0, 0.05) is 4.88 Å². The zero-order valence-electron chi connectivity index (χ0n) is 13.0. The highest BCUT2D eigenvalue weighted by Crippen LogP contribution is 2.30. The fraction of sp³-hybridized carbons (Fsp3) is 0.333. The molecule has 2 amide bonds. The molecule has 0 fully saturated rings. The van der Waals surface area contributed by atoms with Crippen molar-refractivity contribution in [3.63, 3.8) is 0 Å². The van der Waals surface area contributed by atoms with E-state index in [1.807, 2.05) is 0 Å². The van der Waals surface area contributed by atoms with Gasteiger partial charge >= 0.3 is 6.61 Å². The minimum absolute atomic E-state index is 0.00140. The third kappa shape index (κ3) is 4.79. The molecule has 0 spiro atoms. The van der Waals surface area contributed by atoms with Crippen LogP contribution in [0.1, 0.15) is 27.2 Å². The van der Waals surface area contributed by atoms with Crippen molar-refractivity contribution >= 4 is 23.2 Å². The summed E-state index contributed by atoms with van der Waals surface area (Å²) in [6.07, 6.45) is 1.48. The summed E-state index contributed by atoms with van der Waals surface area (Å²) in [5.41, 5.74) is 0. The molecule has 0 saturated heterocycles. The fourth-order valence-electron chi connectivity index (χ4n) is 1.90. The first kappa shape index (κ1) is 17.9. The summed E-state index contributed by atoms with van der Waals surface area (Å²) in [6, 6.07) is 3.89. The number of alkyl halides is 2. The second-order valence-corrected chi connectivity index (χ2v) is 6.18. The summed E-state index contributed by atoms with van der Waals surface area (Å²) in [4.78, 5) is 24.8. The molecular weight excluding hydrogens is 342 g/mol. The summed E-state index contributed by atoms with van der Waals surface area (Å²) in [7, 11) is 0. The number of nitrogens with one attached hydrogen (secondary N) is 2. The van der Waals surface area contributed by atoms with E-state index in [2.05, 4.69) is 15.4 Å². The summed E-state index contributed by atoms with van der Waals surface area (Å²) >= 11 is 1.01. The topological polar surface area (TPSA) is 80.6 Å². The third-order valence-electron chi connectivity index (χ3n) is 3.00. The van der Waals surface area contributed by atoms with E-state index in [1.165, 1.54) is 19.3 Å². The van der Waals surface area contributed by atoms with Crippen molar-refractivity contribution in [2.75, 3.05) is 0 Å². The molecule has 2 aromatic rings. The van der Waals surface area contributed by atoms with Gasteiger partial charge in [-0.1, -0.05) is 0 Å². The Kier molecular flexibility index (Phi) is 5.91. The standard InChI is InChI=1S/C15H16F2N2O4S/c1-8-6-11(23-15(16)17)12(24-8)14(21)19-9(2)13(20)18-7-10-4-3-5-22-10/h3-6,9,15H,7H2,1-2H3,(H,18,20)(H,19,21). The molecule has 6 nitrogen and oxygen atoms in total. The van der Waals surface area contributed by atoms with Crippen LogP contribution >= 0.6 is 11.3 Å². The Morgan fingerprint density at radius 3 is 2.79 bits per heavy atom. The molecule has 2 rings (SSSR count). The Hall–Kier alpha value is -2.42. The van der Waals surface area contributed by atoms with Crippen molar-refractivity contribution in [2.24, 2.45) is 0 Å². The summed E-state index contributed by atoms with van der Waals surface area (Å²) < 4.78 is 34.2. The van der Waals surface area contributed by atoms with Crippen LogP contribution in [0, 0.1) is 6.92 Å². The molecule has 1 unspecified atom stereocenters. The van der Waals surface area contributed by atoms with Gasteiger partial charge in [-0.05, 0) is 32.0 Å². The van der Waals surface area contributed by atoms with Gasteiger partial charge < -0.3 is 19.8 Å². The molecule has 130 valence electrons. The van der Waals surface area contributed by atoms with Crippen molar-refractivity contribution in [3.8, 4) is 5.75 Å². The monoisotopic (exact) mass is 358 g/mol. The highest BCUT2D eigenvalue weighted by Gasteiger charge is 2.22. The first-order valence-electron chi connectivity index (χ1n) is 7.03. The Morgan fingerprint density at radius 2 is 2.17 bits per heavy atom. The molecule has 0 aromatic carbocycles. The predicted octanol–water partition coefficient (Wildman–Crippen LogP) is 2.69. The van der Waals surface area contributed by atoms with Gasteiger partial charge in [-0.3, -0.25) is 9.59 Å². The smallest absolute Gasteiger partial charge is 0.387 e. The molecule has 0 aliphatic rings. The molecule has 2 heterocycles. The second kappa shape index (κ2) is 7.91. The van der Waals surface area contributed by atoms with Gasteiger partial charge in [0.1, 0.15) is 22.4 Å². The second-order valence-electron chi connectivity index (χ2n) is 4.92. The highest BCUT2D eigenvalue weighted by atomic mass is 32.1. The molecule has 9 heteroatoms. The number of hydrogen-bond donors (Lipinski definition) is 2. The summed E-state index contributed by atoms with van der Waals surface area (Å²) in [6.45, 7) is 0.312. The lowest BCUT2D eigenvalue weighted by atomic mass is 10.3. The number of amides is 2. The minimum atomic E-state index is -3.03. The number of thiophene rings is 1. The molecule has 24 heavy (non-hydrogen) atoms. The predicted molar refractivity (Wildman–Crippen MR) is 83.2 cm³/mol. The number of furan rings is 1. The maximum atomic E-state index is 12.4. The van der Waals surface area contributed by atoms with E-state index in [1.54, 1.807) is 19.1 Å². The molecular formula is C15H16F2N2O4S. The van der Waals surface area contributed by atoms with Gasteiger partial charge in [0.25, 0.3) is 5.91 Å². The van der Waals surface area contributed by atoms with Crippen LogP contribution in [0.3, 0.4) is 0 Å². The van der Waals surface area contributed by atoms with Crippen molar-refractivity contribution in [2.45, 2.75) is 33.0 Å². The van der Waals surface area contributed by atoms with Crippen LogP contribution in [-0.2, 0) is 11.3 Å². The third-order valence-corrected chi connectivity index (χ3v) is 4.03. The number of carbonyl (C=O) groups is 2. The molecule has 2 aromatic heterocycles. The van der Waals surface area contributed by atoms with Crippen LogP contribution in [0.5, 0.6) is 5.75 Å². The number of halogens is 2. The number of aryl methyl sites for hydroxylation is 1. The average Bonchev–Trinajstić information content (AvgIpc) is 3.13. The molecule has 0 saturated carbocycles. The van der Waals surface area contributed by atoms with Crippen LogP contribution in [-0.4, -0.2) is 24.5 Å². The maximum Gasteiger partial charge on any atom is 0.387 e. The number of carbonyl (C=O) groups excluding carboxylic acids is 2. The largest absolute Gasteiger partial charge is 0.467 e. The lowest BCUT2D eigenvalue weighted by molar-refractivity contribution is -0.122. The van der Waals surface area contributed by atoms with Gasteiger partial charge in [0.05, 0.1) is 12.8 Å². The highest BCUT2D eigenvalue weighted by molar-refractivity contribution is 7.14. The molecule has 0 aliphatic carbocycles. The maximum absolute atomic E-state index is 12.4. The van der Waals surface area contributed by atoms with Crippen LogP contribution in [0.4, 0.5) is 8.78 Å². The fourth-order valence-corrected chi connectivity index (χ4v) is 2.75. The molecule has 1 atom stereocenters. The first-order valence-corrected chi connectivity index (χ1v) is 7.84. The molecule has 0 radical (unpaired) electrons.